The Bertz CT molecular complexity index is 690. The van der Waals surface area contributed by atoms with Crippen LogP contribution >= 0.6 is 15.9 Å². The van der Waals surface area contributed by atoms with Crippen LogP contribution in [-0.4, -0.2) is 18.6 Å². The van der Waals surface area contributed by atoms with Crippen LogP contribution in [0.3, 0.4) is 0 Å². The van der Waals surface area contributed by atoms with Crippen LogP contribution in [0.15, 0.2) is 32.4 Å². The zero-order chi connectivity index (χ0) is 14.0. The molecule has 0 unspecified atom stereocenters. The predicted octanol–water partition coefficient (Wildman–Crippen LogP) is 1.03. The van der Waals surface area contributed by atoms with Gasteiger partial charge in [0.1, 0.15) is 5.82 Å². The minimum atomic E-state index is -3.87. The Morgan fingerprint density at radius 1 is 1.47 bits per heavy atom. The number of benzene rings is 1. The highest BCUT2D eigenvalue weighted by Gasteiger charge is 2.20. The van der Waals surface area contributed by atoms with Crippen LogP contribution < -0.4 is 10.5 Å². The lowest BCUT2D eigenvalue weighted by Gasteiger charge is -2.08. The summed E-state index contributed by atoms with van der Waals surface area (Å²) >= 11 is 2.97. The van der Waals surface area contributed by atoms with Gasteiger partial charge in [-0.15, -0.1) is 0 Å². The Balaban J connectivity index is 2.27. The minimum Gasteiger partial charge on any atom is -0.396 e. The standard InChI is InChI=1S/C9H8BrFN4O3S/c10-5-1-6(11)7(12)2-8(5)19(16,17)14-3-9-13-4-18-15-9/h1-2,4,14H,3,12H2. The Morgan fingerprint density at radius 2 is 2.21 bits per heavy atom. The molecule has 0 saturated carbocycles. The predicted molar refractivity (Wildman–Crippen MR) is 66.8 cm³/mol. The third kappa shape index (κ3) is 3.08. The van der Waals surface area contributed by atoms with E-state index >= 15 is 0 Å². The molecule has 0 fully saturated rings. The molecule has 2 aromatic rings. The van der Waals surface area contributed by atoms with Crippen molar-refractivity contribution in [2.75, 3.05) is 5.73 Å². The zero-order valence-electron chi connectivity index (χ0n) is 9.30. The molecule has 2 rings (SSSR count). The van der Waals surface area contributed by atoms with Crippen molar-refractivity contribution >= 4 is 31.6 Å². The van der Waals surface area contributed by atoms with Crippen molar-refractivity contribution in [3.05, 3.63) is 34.6 Å². The highest BCUT2D eigenvalue weighted by atomic mass is 79.9. The fraction of sp³-hybridized carbons (Fsp3) is 0.111. The summed E-state index contributed by atoms with van der Waals surface area (Å²) in [6, 6.07) is 2.01. The molecule has 0 spiro atoms. The van der Waals surface area contributed by atoms with Crippen molar-refractivity contribution in [1.82, 2.24) is 14.9 Å². The van der Waals surface area contributed by atoms with Crippen LogP contribution in [0, 0.1) is 5.82 Å². The molecule has 1 heterocycles. The number of sulfonamides is 1. The molecule has 0 atom stereocenters. The van der Waals surface area contributed by atoms with Crippen LogP contribution in [-0.2, 0) is 16.6 Å². The highest BCUT2D eigenvalue weighted by Crippen LogP contribution is 2.26. The monoisotopic (exact) mass is 350 g/mol. The van der Waals surface area contributed by atoms with E-state index in [0.29, 0.717) is 0 Å². The van der Waals surface area contributed by atoms with Crippen molar-refractivity contribution < 1.29 is 17.3 Å². The van der Waals surface area contributed by atoms with Gasteiger partial charge >= 0.3 is 0 Å². The van der Waals surface area contributed by atoms with Crippen molar-refractivity contribution in [3.63, 3.8) is 0 Å². The number of hydrogen-bond donors (Lipinski definition) is 2. The first-order valence-corrected chi connectivity index (χ1v) is 7.17. The van der Waals surface area contributed by atoms with E-state index in [9.17, 15) is 12.8 Å². The molecule has 102 valence electrons. The maximum Gasteiger partial charge on any atom is 0.242 e. The van der Waals surface area contributed by atoms with E-state index in [1.807, 2.05) is 0 Å². The topological polar surface area (TPSA) is 111 Å². The number of halogens is 2. The van der Waals surface area contributed by atoms with Gasteiger partial charge in [0.15, 0.2) is 5.82 Å². The minimum absolute atomic E-state index is 0.0693. The fourth-order valence-electron chi connectivity index (χ4n) is 1.26. The second-order valence-electron chi connectivity index (χ2n) is 3.48. The summed E-state index contributed by atoms with van der Waals surface area (Å²) in [7, 11) is -3.87. The van der Waals surface area contributed by atoms with Gasteiger partial charge < -0.3 is 10.3 Å². The first-order valence-electron chi connectivity index (χ1n) is 4.89. The lowest BCUT2D eigenvalue weighted by Crippen LogP contribution is -2.24. The number of nitrogens with one attached hydrogen (secondary N) is 1. The number of aromatic nitrogens is 2. The molecule has 1 aromatic carbocycles. The number of anilines is 1. The quantitative estimate of drug-likeness (QED) is 0.796. The first-order chi connectivity index (χ1) is 8.90. The summed E-state index contributed by atoms with van der Waals surface area (Å²) in [6.07, 6.45) is 1.08. The van der Waals surface area contributed by atoms with Crippen LogP contribution in [0.25, 0.3) is 0 Å². The average molecular weight is 351 g/mol. The summed E-state index contributed by atoms with van der Waals surface area (Å²) < 4.78 is 44.0. The van der Waals surface area contributed by atoms with Crippen molar-refractivity contribution in [2.45, 2.75) is 11.4 Å². The van der Waals surface area contributed by atoms with Gasteiger partial charge in [-0.25, -0.2) is 17.5 Å². The van der Waals surface area contributed by atoms with E-state index in [0.717, 1.165) is 18.5 Å². The van der Waals surface area contributed by atoms with Gasteiger partial charge in [-0.05, 0) is 28.1 Å². The molecule has 1 aromatic heterocycles. The summed E-state index contributed by atoms with van der Waals surface area (Å²) in [5, 5.41) is 3.46. The van der Waals surface area contributed by atoms with Gasteiger partial charge in [0, 0.05) is 4.47 Å². The van der Waals surface area contributed by atoms with Gasteiger partial charge in [-0.3, -0.25) is 0 Å². The highest BCUT2D eigenvalue weighted by molar-refractivity contribution is 9.10. The van der Waals surface area contributed by atoms with E-state index in [-0.39, 0.29) is 27.4 Å². The van der Waals surface area contributed by atoms with Crippen molar-refractivity contribution in [3.8, 4) is 0 Å². The summed E-state index contributed by atoms with van der Waals surface area (Å²) in [4.78, 5) is 3.49. The van der Waals surface area contributed by atoms with Crippen molar-refractivity contribution in [1.29, 1.82) is 0 Å². The van der Waals surface area contributed by atoms with Gasteiger partial charge in [-0.1, -0.05) is 5.16 Å². The van der Waals surface area contributed by atoms with E-state index in [2.05, 4.69) is 35.3 Å². The van der Waals surface area contributed by atoms with Gasteiger partial charge in [0.2, 0.25) is 16.4 Å². The summed E-state index contributed by atoms with van der Waals surface area (Å²) in [6.45, 7) is -0.150. The van der Waals surface area contributed by atoms with Crippen LogP contribution in [0.4, 0.5) is 10.1 Å². The van der Waals surface area contributed by atoms with E-state index in [1.165, 1.54) is 0 Å². The largest absolute Gasteiger partial charge is 0.396 e. The van der Waals surface area contributed by atoms with Gasteiger partial charge in [-0.2, -0.15) is 4.98 Å². The van der Waals surface area contributed by atoms with Crippen LogP contribution in [0.2, 0.25) is 0 Å². The summed E-state index contributed by atoms with van der Waals surface area (Å²) in [5.74, 6) is -0.529. The van der Waals surface area contributed by atoms with Gasteiger partial charge in [0.25, 0.3) is 0 Å². The molecule has 7 nitrogen and oxygen atoms in total. The van der Waals surface area contributed by atoms with Crippen LogP contribution in [0.1, 0.15) is 5.82 Å². The SMILES string of the molecule is Nc1cc(S(=O)(=O)NCc2ncon2)c(Br)cc1F. The Morgan fingerprint density at radius 3 is 2.84 bits per heavy atom. The Hall–Kier alpha value is -1.52. The zero-order valence-corrected chi connectivity index (χ0v) is 11.7. The maximum atomic E-state index is 13.2. The van der Waals surface area contributed by atoms with Crippen molar-refractivity contribution in [2.24, 2.45) is 0 Å². The number of nitrogens with two attached hydrogens (primary N) is 1. The molecule has 0 aliphatic carbocycles. The molecule has 0 aliphatic rings. The molecule has 0 saturated heterocycles. The Kier molecular flexibility index (Phi) is 3.83. The maximum absolute atomic E-state index is 13.2. The second-order valence-corrected chi connectivity index (χ2v) is 6.07. The molecular formula is C9H8BrFN4O3S. The number of hydrogen-bond acceptors (Lipinski definition) is 6. The molecule has 10 heteroatoms. The fourth-order valence-corrected chi connectivity index (χ4v) is 3.29. The molecular weight excluding hydrogens is 343 g/mol. The molecule has 0 aliphatic heterocycles. The average Bonchev–Trinajstić information content (AvgIpc) is 2.84. The van der Waals surface area contributed by atoms with Crippen LogP contribution in [0.5, 0.6) is 0 Å². The lowest BCUT2D eigenvalue weighted by molar-refractivity contribution is 0.409. The third-order valence-corrected chi connectivity index (χ3v) is 4.53. The van der Waals surface area contributed by atoms with E-state index < -0.39 is 15.8 Å². The molecule has 19 heavy (non-hydrogen) atoms. The lowest BCUT2D eigenvalue weighted by atomic mass is 10.3. The van der Waals surface area contributed by atoms with E-state index in [1.54, 1.807) is 0 Å². The normalized spacial score (nSPS) is 11.7. The smallest absolute Gasteiger partial charge is 0.242 e. The Labute approximate surface area is 116 Å². The molecule has 0 bridgehead atoms. The third-order valence-electron chi connectivity index (χ3n) is 2.17. The number of rotatable bonds is 4. The second kappa shape index (κ2) is 5.23. The number of nitrogen functional groups attached to an aromatic ring is 1. The first kappa shape index (κ1) is 13.9. The summed E-state index contributed by atoms with van der Waals surface area (Å²) in [5.41, 5.74) is 5.09. The molecule has 0 amide bonds. The molecule has 0 radical (unpaired) electrons. The van der Waals surface area contributed by atoms with E-state index in [4.69, 9.17) is 5.73 Å². The van der Waals surface area contributed by atoms with Gasteiger partial charge in [0.05, 0.1) is 17.1 Å². The molecule has 3 N–H and O–H groups in total. The number of nitrogens with zero attached hydrogens (tertiary/aromatic N) is 2.